The van der Waals surface area contributed by atoms with Gasteiger partial charge in [0.2, 0.25) is 0 Å². The highest BCUT2D eigenvalue weighted by atomic mass is 35.5. The van der Waals surface area contributed by atoms with Crippen LogP contribution >= 0.6 is 11.6 Å². The highest BCUT2D eigenvalue weighted by Gasteiger charge is 2.10. The van der Waals surface area contributed by atoms with Gasteiger partial charge in [-0.2, -0.15) is 5.26 Å². The maximum absolute atomic E-state index is 12.4. The SMILES string of the molecule is Cc1c(Cl)cccc1NC(=O)c1ccc(Nc2ccc(C#N)cc2)cn1. The molecule has 6 heteroatoms. The first-order chi connectivity index (χ1) is 12.6. The van der Waals surface area contributed by atoms with Crippen molar-refractivity contribution in [2.24, 2.45) is 0 Å². The maximum atomic E-state index is 12.4. The molecule has 0 radical (unpaired) electrons. The van der Waals surface area contributed by atoms with Gasteiger partial charge >= 0.3 is 0 Å². The Morgan fingerprint density at radius 1 is 1.08 bits per heavy atom. The lowest BCUT2D eigenvalue weighted by Crippen LogP contribution is -2.14. The Labute approximate surface area is 156 Å². The average Bonchev–Trinajstić information content (AvgIpc) is 2.66. The van der Waals surface area contributed by atoms with Crippen molar-refractivity contribution in [1.82, 2.24) is 4.98 Å². The van der Waals surface area contributed by atoms with Crippen molar-refractivity contribution in [3.63, 3.8) is 0 Å². The van der Waals surface area contributed by atoms with Gasteiger partial charge in [0, 0.05) is 16.4 Å². The summed E-state index contributed by atoms with van der Waals surface area (Å²) in [5.41, 5.74) is 3.93. The third-order valence-corrected chi connectivity index (χ3v) is 4.22. The number of carbonyl (C=O) groups excluding carboxylic acids is 1. The number of nitriles is 1. The number of rotatable bonds is 4. The van der Waals surface area contributed by atoms with Crippen molar-refractivity contribution in [3.8, 4) is 6.07 Å². The summed E-state index contributed by atoms with van der Waals surface area (Å²) in [7, 11) is 0. The number of amides is 1. The lowest BCUT2D eigenvalue weighted by molar-refractivity contribution is 0.102. The van der Waals surface area contributed by atoms with E-state index in [4.69, 9.17) is 16.9 Å². The molecule has 0 spiro atoms. The fraction of sp³-hybridized carbons (Fsp3) is 0.0500. The molecule has 0 fully saturated rings. The summed E-state index contributed by atoms with van der Waals surface area (Å²) in [6, 6.07) is 17.9. The van der Waals surface area contributed by atoms with Crippen LogP contribution in [0.2, 0.25) is 5.02 Å². The molecule has 2 N–H and O–H groups in total. The van der Waals surface area contributed by atoms with E-state index in [-0.39, 0.29) is 5.91 Å². The summed E-state index contributed by atoms with van der Waals surface area (Å²) in [4.78, 5) is 16.5. The van der Waals surface area contributed by atoms with Gasteiger partial charge in [0.15, 0.2) is 0 Å². The molecule has 128 valence electrons. The number of hydrogen-bond donors (Lipinski definition) is 2. The molecule has 0 aliphatic heterocycles. The Bertz CT molecular complexity index is 976. The van der Waals surface area contributed by atoms with Crippen molar-refractivity contribution in [2.45, 2.75) is 6.92 Å². The second-order valence-electron chi connectivity index (χ2n) is 5.61. The van der Waals surface area contributed by atoms with Crippen LogP contribution in [-0.2, 0) is 0 Å². The molecule has 0 saturated carbocycles. The molecule has 1 aromatic heterocycles. The van der Waals surface area contributed by atoms with E-state index in [1.165, 1.54) is 0 Å². The van der Waals surface area contributed by atoms with Crippen LogP contribution in [-0.4, -0.2) is 10.9 Å². The number of anilines is 3. The van der Waals surface area contributed by atoms with Gasteiger partial charge in [-0.1, -0.05) is 17.7 Å². The van der Waals surface area contributed by atoms with E-state index < -0.39 is 0 Å². The monoisotopic (exact) mass is 362 g/mol. The largest absolute Gasteiger partial charge is 0.354 e. The summed E-state index contributed by atoms with van der Waals surface area (Å²) in [5, 5.41) is 15.4. The number of pyridine rings is 1. The van der Waals surface area contributed by atoms with Gasteiger partial charge < -0.3 is 10.6 Å². The summed E-state index contributed by atoms with van der Waals surface area (Å²) >= 11 is 6.07. The van der Waals surface area contributed by atoms with E-state index >= 15 is 0 Å². The van der Waals surface area contributed by atoms with E-state index in [9.17, 15) is 4.79 Å². The van der Waals surface area contributed by atoms with Crippen molar-refractivity contribution in [1.29, 1.82) is 5.26 Å². The van der Waals surface area contributed by atoms with Crippen LogP contribution in [0.25, 0.3) is 0 Å². The molecule has 0 unspecified atom stereocenters. The summed E-state index contributed by atoms with van der Waals surface area (Å²) in [6.45, 7) is 1.84. The van der Waals surface area contributed by atoms with Crippen LogP contribution < -0.4 is 10.6 Å². The molecule has 26 heavy (non-hydrogen) atoms. The Kier molecular flexibility index (Phi) is 5.16. The number of benzene rings is 2. The third kappa shape index (κ3) is 4.00. The molecule has 0 saturated heterocycles. The fourth-order valence-corrected chi connectivity index (χ4v) is 2.50. The van der Waals surface area contributed by atoms with Crippen molar-refractivity contribution in [2.75, 3.05) is 10.6 Å². The fourth-order valence-electron chi connectivity index (χ4n) is 2.33. The van der Waals surface area contributed by atoms with Gasteiger partial charge in [-0.25, -0.2) is 4.98 Å². The van der Waals surface area contributed by atoms with Crippen molar-refractivity contribution < 1.29 is 4.79 Å². The van der Waals surface area contributed by atoms with Crippen molar-refractivity contribution >= 4 is 34.6 Å². The molecule has 3 rings (SSSR count). The van der Waals surface area contributed by atoms with Gasteiger partial charge in [0.05, 0.1) is 23.5 Å². The van der Waals surface area contributed by atoms with Crippen LogP contribution in [0.3, 0.4) is 0 Å². The van der Waals surface area contributed by atoms with E-state index in [0.29, 0.717) is 22.0 Å². The lowest BCUT2D eigenvalue weighted by atomic mass is 10.2. The standard InChI is InChI=1S/C20H15ClN4O/c1-13-17(21)3-2-4-18(13)25-20(26)19-10-9-16(12-23-19)24-15-7-5-14(11-22)6-8-15/h2-10,12,24H,1H3,(H,25,26). The molecule has 0 aliphatic rings. The van der Waals surface area contributed by atoms with Gasteiger partial charge in [0.1, 0.15) is 5.69 Å². The lowest BCUT2D eigenvalue weighted by Gasteiger charge is -2.10. The topological polar surface area (TPSA) is 77.8 Å². The van der Waals surface area contributed by atoms with Gasteiger partial charge in [-0.15, -0.1) is 0 Å². The number of carbonyl (C=O) groups is 1. The second-order valence-corrected chi connectivity index (χ2v) is 6.02. The average molecular weight is 363 g/mol. The highest BCUT2D eigenvalue weighted by molar-refractivity contribution is 6.31. The summed E-state index contributed by atoms with van der Waals surface area (Å²) < 4.78 is 0. The summed E-state index contributed by atoms with van der Waals surface area (Å²) in [6.07, 6.45) is 1.58. The number of aromatic nitrogens is 1. The molecule has 0 atom stereocenters. The Balaban J connectivity index is 1.69. The first-order valence-corrected chi connectivity index (χ1v) is 8.24. The molecule has 1 heterocycles. The molecule has 0 bridgehead atoms. The van der Waals surface area contributed by atoms with Gasteiger partial charge in [-0.05, 0) is 61.0 Å². The molecule has 0 aliphatic carbocycles. The van der Waals surface area contributed by atoms with Crippen LogP contribution in [0.5, 0.6) is 0 Å². The molecule has 5 nitrogen and oxygen atoms in total. The molecular weight excluding hydrogens is 348 g/mol. The highest BCUT2D eigenvalue weighted by Crippen LogP contribution is 2.23. The quantitative estimate of drug-likeness (QED) is 0.691. The molecule has 3 aromatic rings. The van der Waals surface area contributed by atoms with E-state index in [2.05, 4.69) is 21.7 Å². The second kappa shape index (κ2) is 7.68. The molecule has 1 amide bonds. The van der Waals surface area contributed by atoms with Crippen LogP contribution in [0.4, 0.5) is 17.1 Å². The predicted molar refractivity (Wildman–Crippen MR) is 103 cm³/mol. The van der Waals surface area contributed by atoms with Gasteiger partial charge in [0.25, 0.3) is 5.91 Å². The van der Waals surface area contributed by atoms with E-state index in [1.807, 2.05) is 6.92 Å². The molecule has 2 aromatic carbocycles. The predicted octanol–water partition coefficient (Wildman–Crippen LogP) is 4.91. The Morgan fingerprint density at radius 2 is 1.81 bits per heavy atom. The number of nitrogens with zero attached hydrogens (tertiary/aromatic N) is 2. The van der Waals surface area contributed by atoms with Crippen molar-refractivity contribution in [3.05, 3.63) is 82.6 Å². The van der Waals surface area contributed by atoms with Gasteiger partial charge in [-0.3, -0.25) is 4.79 Å². The Morgan fingerprint density at radius 3 is 2.46 bits per heavy atom. The smallest absolute Gasteiger partial charge is 0.274 e. The van der Waals surface area contributed by atoms with Crippen LogP contribution in [0, 0.1) is 18.3 Å². The third-order valence-electron chi connectivity index (χ3n) is 3.81. The first-order valence-electron chi connectivity index (χ1n) is 7.86. The number of halogens is 1. The van der Waals surface area contributed by atoms with Crippen LogP contribution in [0.1, 0.15) is 21.6 Å². The minimum atomic E-state index is -0.305. The summed E-state index contributed by atoms with van der Waals surface area (Å²) in [5.74, 6) is -0.305. The van der Waals surface area contributed by atoms with E-state index in [0.717, 1.165) is 16.9 Å². The maximum Gasteiger partial charge on any atom is 0.274 e. The molecular formula is C20H15ClN4O. The number of hydrogen-bond acceptors (Lipinski definition) is 4. The van der Waals surface area contributed by atoms with E-state index in [1.54, 1.807) is 60.8 Å². The zero-order valence-corrected chi connectivity index (χ0v) is 14.7. The zero-order valence-electron chi connectivity index (χ0n) is 14.0. The minimum absolute atomic E-state index is 0.301. The minimum Gasteiger partial charge on any atom is -0.354 e. The normalized spacial score (nSPS) is 10.0. The number of nitrogens with one attached hydrogen (secondary N) is 2. The first kappa shape index (κ1) is 17.5. The Hall–Kier alpha value is -3.36. The van der Waals surface area contributed by atoms with Crippen LogP contribution in [0.15, 0.2) is 60.8 Å². The zero-order chi connectivity index (χ0) is 18.5.